The van der Waals surface area contributed by atoms with Crippen LogP contribution in [0.2, 0.25) is 0 Å². The number of hydrogen-bond donors (Lipinski definition) is 0. The first-order valence-electron chi connectivity index (χ1n) is 1.84. The molecule has 0 atom stereocenters. The van der Waals surface area contributed by atoms with Crippen molar-refractivity contribution in [1.29, 1.82) is 0 Å². The summed E-state index contributed by atoms with van der Waals surface area (Å²) in [6.07, 6.45) is 0. The molecule has 0 aliphatic heterocycles. The van der Waals surface area contributed by atoms with Crippen LogP contribution < -0.4 is 22.1 Å². The van der Waals surface area contributed by atoms with Crippen LogP contribution in [0.15, 0.2) is 0 Å². The van der Waals surface area contributed by atoms with Crippen molar-refractivity contribution in [2.75, 3.05) is 0 Å². The third-order valence-electron chi connectivity index (χ3n) is 0. The van der Waals surface area contributed by atoms with Gasteiger partial charge in [0, 0.05) is 0 Å². The standard InChI is InChI=1S/5Al.3N.9O.3Ti/q5*+3;3*-3;;;;6*-1;;;. The van der Waals surface area contributed by atoms with Crippen LogP contribution in [0.5, 0.6) is 0 Å². The van der Waals surface area contributed by atoms with Crippen LogP contribution in [-0.4, -0.2) is 86.8 Å². The van der Waals surface area contributed by atoms with E-state index in [1.165, 1.54) is 0 Å². The van der Waals surface area contributed by atoms with Gasteiger partial charge in [0.1, 0.15) is 0 Å². The van der Waals surface area contributed by atoms with E-state index in [4.69, 9.17) is 32.1 Å². The maximum absolute atomic E-state index is 8.58. The van der Waals surface area contributed by atoms with E-state index in [0.29, 0.717) is 0 Å². The van der Waals surface area contributed by atoms with Crippen molar-refractivity contribution < 1.29 is 88.0 Å². The number of nitrogens with zero attached hydrogens (tertiary/aromatic N) is 3. The van der Waals surface area contributed by atoms with Gasteiger partial charge in [0.2, 0.25) is 0 Å². The Balaban J connectivity index is -0.00000000562. The third kappa shape index (κ3) is 642. The first kappa shape index (κ1) is 75.4. The molecule has 96 valence electrons. The summed E-state index contributed by atoms with van der Waals surface area (Å²) < 4.78 is 77.2. The molecule has 0 radical (unpaired) electrons. The molecule has 0 heterocycles. The fourth-order valence-electron chi connectivity index (χ4n) is 0. The van der Waals surface area contributed by atoms with Crippen molar-refractivity contribution in [2.24, 2.45) is 0 Å². The summed E-state index contributed by atoms with van der Waals surface area (Å²) >= 11 is -12.2. The summed E-state index contributed by atoms with van der Waals surface area (Å²) in [7, 11) is 0. The van der Waals surface area contributed by atoms with Crippen LogP contribution in [0.4, 0.5) is 0 Å². The molecule has 0 N–H and O–H groups in total. The van der Waals surface area contributed by atoms with Gasteiger partial charge in [-0.25, -0.2) is 0 Å². The fraction of sp³-hybridized carbons (Fsp3) is 0. The molecule has 0 amide bonds. The van der Waals surface area contributed by atoms with Gasteiger partial charge in [-0.15, -0.1) is 0 Å². The molecule has 0 aliphatic rings. The second-order valence-electron chi connectivity index (χ2n) is 0.750. The Morgan fingerprint density at radius 3 is 0.400 bits per heavy atom. The van der Waals surface area contributed by atoms with Gasteiger partial charge in [-0.3, -0.25) is 0 Å². The van der Waals surface area contributed by atoms with E-state index >= 15 is 0 Å². The first-order valence-corrected chi connectivity index (χ1v) is 7.57. The third-order valence-corrected chi connectivity index (χ3v) is 0. The summed E-state index contributed by atoms with van der Waals surface area (Å²) in [6, 6.07) is 0. The zero-order valence-corrected chi connectivity index (χ0v) is 19.9. The molecule has 0 aliphatic carbocycles. The van der Waals surface area contributed by atoms with Crippen LogP contribution in [-0.2, 0) is 65.8 Å². The van der Waals surface area contributed by atoms with Crippen molar-refractivity contribution in [3.63, 3.8) is 0 Å². The summed E-state index contributed by atoms with van der Waals surface area (Å²) in [5.41, 5.74) is 0. The Hall–Kier alpha value is 3.85. The number of hydrogen-bond acceptors (Lipinski definition) is 9. The van der Waals surface area contributed by atoms with Crippen molar-refractivity contribution in [2.45, 2.75) is 0 Å². The van der Waals surface area contributed by atoms with E-state index in [1.807, 2.05) is 0 Å². The Labute approximate surface area is 190 Å². The molecular weight excluding hydrogens is 465 g/mol. The molecule has 12 nitrogen and oxygen atoms in total. The van der Waals surface area contributed by atoms with Gasteiger partial charge in [-0.1, -0.05) is 0 Å². The molecule has 0 spiro atoms. The second kappa shape index (κ2) is 66.1. The zero-order valence-electron chi connectivity index (χ0n) is 9.40. The van der Waals surface area contributed by atoms with E-state index < -0.39 is 55.8 Å². The van der Waals surface area contributed by atoms with Crippen LogP contribution in [0, 0.1) is 0 Å². The normalized spacial score (nSPS) is 3.90. The van der Waals surface area contributed by atoms with Crippen molar-refractivity contribution in [1.82, 2.24) is 0 Å². The first-order chi connectivity index (χ1) is 5.20. The van der Waals surface area contributed by atoms with Crippen LogP contribution in [0.1, 0.15) is 0 Å². The average Bonchev–Trinajstić information content (AvgIpc) is 1.54. The molecule has 0 unspecified atom stereocenters. The second-order valence-corrected chi connectivity index (χ2v) is 3.09. The van der Waals surface area contributed by atoms with E-state index in [9.17, 15) is 0 Å². The fourth-order valence-corrected chi connectivity index (χ4v) is 0. The molecule has 20 heteroatoms. The van der Waals surface area contributed by atoms with Crippen molar-refractivity contribution in [3.05, 3.63) is 18.5 Å². The van der Waals surface area contributed by atoms with Crippen molar-refractivity contribution in [3.8, 4) is 0 Å². The molecule has 20 heavy (non-hydrogen) atoms. The molecule has 0 aromatic heterocycles. The SMILES string of the molecule is [Al+3].[Al+3].[Al+3].[Al+3].[Al+3].[N-3].[N-3].[N-3].[O]=[Ti]([O-])[O-].[O]=[Ti]([O-])[O-].[O]=[Ti]([O-])[O-]. The van der Waals surface area contributed by atoms with E-state index in [2.05, 4.69) is 0 Å². The molecule has 0 rings (SSSR count). The molecule has 0 saturated heterocycles. The maximum atomic E-state index is 8.58. The predicted molar refractivity (Wildman–Crippen MR) is 40.9 cm³/mol. The van der Waals surface area contributed by atoms with Gasteiger partial charge >= 0.3 is 175 Å². The molecule has 0 saturated carbocycles. The topological polar surface area (TPSA) is 281 Å². The molecular formula is Al5N3O9Ti3. The van der Waals surface area contributed by atoms with Gasteiger partial charge < -0.3 is 18.5 Å². The summed E-state index contributed by atoms with van der Waals surface area (Å²) in [5.74, 6) is 0. The monoisotopic (exact) mass is 465 g/mol. The van der Waals surface area contributed by atoms with Gasteiger partial charge in [0.25, 0.3) is 0 Å². The quantitative estimate of drug-likeness (QED) is 0.307. The predicted octanol–water partition coefficient (Wildman–Crippen LogP) is -8.54. The summed E-state index contributed by atoms with van der Waals surface area (Å²) in [6.45, 7) is 0. The van der Waals surface area contributed by atoms with Gasteiger partial charge in [0.15, 0.2) is 0 Å². The Morgan fingerprint density at radius 1 is 0.400 bits per heavy atom. The molecule has 0 aromatic rings. The minimum atomic E-state index is -4.08. The summed E-state index contributed by atoms with van der Waals surface area (Å²) in [4.78, 5) is 0. The summed E-state index contributed by atoms with van der Waals surface area (Å²) in [5, 5.41) is 0. The van der Waals surface area contributed by atoms with Gasteiger partial charge in [0.05, 0.1) is 0 Å². The number of rotatable bonds is 0. The Morgan fingerprint density at radius 2 is 0.400 bits per heavy atom. The van der Waals surface area contributed by atoms with E-state index in [-0.39, 0.29) is 105 Å². The average molecular weight is 465 g/mol. The molecule has 0 bridgehead atoms. The van der Waals surface area contributed by atoms with Crippen LogP contribution >= 0.6 is 0 Å². The molecule has 0 fully saturated rings. The van der Waals surface area contributed by atoms with Gasteiger partial charge in [-0.2, -0.15) is 0 Å². The Bertz CT molecular complexity index is 134. The van der Waals surface area contributed by atoms with E-state index in [0.717, 1.165) is 0 Å². The zero-order chi connectivity index (χ0) is 10.7. The minimum absolute atomic E-state index is 0. The van der Waals surface area contributed by atoms with Crippen LogP contribution in [0.25, 0.3) is 18.5 Å². The Kier molecular flexibility index (Phi) is 249. The van der Waals surface area contributed by atoms with Crippen LogP contribution in [0.3, 0.4) is 0 Å². The van der Waals surface area contributed by atoms with Crippen molar-refractivity contribution >= 4 is 86.8 Å². The van der Waals surface area contributed by atoms with Gasteiger partial charge in [-0.05, 0) is 0 Å². The van der Waals surface area contributed by atoms with E-state index in [1.54, 1.807) is 0 Å². The molecule has 0 aromatic carbocycles.